The number of nitrogens with zero attached hydrogens (tertiary/aromatic N) is 2. The second kappa shape index (κ2) is 5.12. The van der Waals surface area contributed by atoms with E-state index in [2.05, 4.69) is 10.2 Å². The number of rotatable bonds is 3. The van der Waals surface area contributed by atoms with Crippen LogP contribution in [-0.2, 0) is 0 Å². The maximum absolute atomic E-state index is 5.79. The molecular formula is C12H12ClN3O. The van der Waals surface area contributed by atoms with Gasteiger partial charge < -0.3 is 10.5 Å². The molecular weight excluding hydrogens is 238 g/mol. The molecule has 1 atom stereocenters. The molecule has 1 aromatic carbocycles. The third kappa shape index (κ3) is 3.15. The number of ether oxygens (including phenoxy) is 1. The van der Waals surface area contributed by atoms with Crippen molar-refractivity contribution in [3.63, 3.8) is 0 Å². The number of hydrogen-bond acceptors (Lipinski definition) is 4. The van der Waals surface area contributed by atoms with Gasteiger partial charge in [-0.25, -0.2) is 0 Å². The van der Waals surface area contributed by atoms with Crippen molar-refractivity contribution in [3.05, 3.63) is 47.1 Å². The first-order valence-electron chi connectivity index (χ1n) is 5.18. The Balaban J connectivity index is 2.18. The van der Waals surface area contributed by atoms with E-state index >= 15 is 0 Å². The van der Waals surface area contributed by atoms with Crippen LogP contribution in [0.15, 0.2) is 36.4 Å². The standard InChI is InChI=1S/C12H12ClN3O/c1-8(14)9-3-2-4-10(7-9)17-12-6-5-11(13)15-16-12/h2-8H,14H2,1H3/t8-/m1/s1. The lowest BCUT2D eigenvalue weighted by Crippen LogP contribution is -2.04. The number of nitrogens with two attached hydrogens (primary N) is 1. The maximum Gasteiger partial charge on any atom is 0.238 e. The highest BCUT2D eigenvalue weighted by atomic mass is 35.5. The summed E-state index contributed by atoms with van der Waals surface area (Å²) in [6, 6.07) is 10.8. The Morgan fingerprint density at radius 2 is 2.06 bits per heavy atom. The van der Waals surface area contributed by atoms with Gasteiger partial charge in [0, 0.05) is 12.1 Å². The van der Waals surface area contributed by atoms with Crippen LogP contribution in [0.25, 0.3) is 0 Å². The summed E-state index contributed by atoms with van der Waals surface area (Å²) in [5.74, 6) is 1.08. The lowest BCUT2D eigenvalue weighted by atomic mass is 10.1. The first-order valence-corrected chi connectivity index (χ1v) is 5.55. The average molecular weight is 250 g/mol. The SMILES string of the molecule is C[C@@H](N)c1cccc(Oc2ccc(Cl)nn2)c1. The zero-order valence-electron chi connectivity index (χ0n) is 9.30. The summed E-state index contributed by atoms with van der Waals surface area (Å²) in [5, 5.41) is 7.85. The molecule has 0 amide bonds. The molecule has 2 aromatic rings. The van der Waals surface area contributed by atoms with Crippen molar-refractivity contribution in [2.75, 3.05) is 0 Å². The van der Waals surface area contributed by atoms with Crippen LogP contribution < -0.4 is 10.5 Å². The van der Waals surface area contributed by atoms with E-state index in [0.29, 0.717) is 16.8 Å². The molecule has 2 rings (SSSR count). The minimum Gasteiger partial charge on any atom is -0.438 e. The van der Waals surface area contributed by atoms with Gasteiger partial charge in [-0.2, -0.15) is 0 Å². The topological polar surface area (TPSA) is 61.0 Å². The Kier molecular flexibility index (Phi) is 3.56. The highest BCUT2D eigenvalue weighted by Crippen LogP contribution is 2.22. The van der Waals surface area contributed by atoms with Crippen LogP contribution in [-0.4, -0.2) is 10.2 Å². The van der Waals surface area contributed by atoms with E-state index in [1.165, 1.54) is 0 Å². The minimum absolute atomic E-state index is 0.0325. The number of aromatic nitrogens is 2. The van der Waals surface area contributed by atoms with Gasteiger partial charge >= 0.3 is 0 Å². The van der Waals surface area contributed by atoms with Crippen molar-refractivity contribution in [1.29, 1.82) is 0 Å². The van der Waals surface area contributed by atoms with Gasteiger partial charge in [-0.3, -0.25) is 0 Å². The largest absolute Gasteiger partial charge is 0.438 e. The summed E-state index contributed by atoms with van der Waals surface area (Å²) in [6.45, 7) is 1.92. The lowest BCUT2D eigenvalue weighted by molar-refractivity contribution is 0.454. The second-order valence-corrected chi connectivity index (χ2v) is 4.04. The van der Waals surface area contributed by atoms with Crippen LogP contribution in [0, 0.1) is 0 Å². The number of halogens is 1. The second-order valence-electron chi connectivity index (χ2n) is 3.66. The van der Waals surface area contributed by atoms with E-state index in [1.54, 1.807) is 12.1 Å². The van der Waals surface area contributed by atoms with Gasteiger partial charge in [0.25, 0.3) is 0 Å². The predicted octanol–water partition coefficient (Wildman–Crippen LogP) is 2.94. The zero-order chi connectivity index (χ0) is 12.3. The van der Waals surface area contributed by atoms with Crippen LogP contribution in [0.1, 0.15) is 18.5 Å². The van der Waals surface area contributed by atoms with E-state index in [9.17, 15) is 0 Å². The highest BCUT2D eigenvalue weighted by Gasteiger charge is 2.03. The Morgan fingerprint density at radius 3 is 2.71 bits per heavy atom. The van der Waals surface area contributed by atoms with Crippen molar-refractivity contribution >= 4 is 11.6 Å². The third-order valence-electron chi connectivity index (χ3n) is 2.21. The monoisotopic (exact) mass is 249 g/mol. The Labute approximate surface area is 104 Å². The summed E-state index contributed by atoms with van der Waals surface area (Å²) in [6.07, 6.45) is 0. The van der Waals surface area contributed by atoms with Gasteiger partial charge in [-0.05, 0) is 30.7 Å². The zero-order valence-corrected chi connectivity index (χ0v) is 10.1. The minimum atomic E-state index is -0.0325. The molecule has 5 heteroatoms. The van der Waals surface area contributed by atoms with Crippen molar-refractivity contribution < 1.29 is 4.74 Å². The fourth-order valence-electron chi connectivity index (χ4n) is 1.34. The van der Waals surface area contributed by atoms with E-state index < -0.39 is 0 Å². The Bertz CT molecular complexity index is 499. The summed E-state index contributed by atoms with van der Waals surface area (Å²) in [4.78, 5) is 0. The molecule has 2 N–H and O–H groups in total. The quantitative estimate of drug-likeness (QED) is 0.909. The summed E-state index contributed by atoms with van der Waals surface area (Å²) >= 11 is 5.64. The smallest absolute Gasteiger partial charge is 0.238 e. The van der Waals surface area contributed by atoms with Gasteiger partial charge in [0.05, 0.1) is 0 Å². The van der Waals surface area contributed by atoms with Gasteiger partial charge in [0.15, 0.2) is 5.15 Å². The molecule has 0 saturated carbocycles. The molecule has 1 heterocycles. The van der Waals surface area contributed by atoms with Crippen LogP contribution in [0.5, 0.6) is 11.6 Å². The van der Waals surface area contributed by atoms with E-state index in [1.807, 2.05) is 31.2 Å². The molecule has 0 saturated heterocycles. The molecule has 0 bridgehead atoms. The van der Waals surface area contributed by atoms with Gasteiger partial charge in [0.2, 0.25) is 5.88 Å². The molecule has 88 valence electrons. The van der Waals surface area contributed by atoms with Crippen molar-refractivity contribution in [2.24, 2.45) is 5.73 Å². The molecule has 0 aliphatic carbocycles. The van der Waals surface area contributed by atoms with Gasteiger partial charge in [-0.1, -0.05) is 23.7 Å². The molecule has 0 radical (unpaired) electrons. The molecule has 0 fully saturated rings. The number of benzene rings is 1. The summed E-state index contributed by atoms with van der Waals surface area (Å²) in [5.41, 5.74) is 6.80. The molecule has 1 aromatic heterocycles. The van der Waals surface area contributed by atoms with Crippen molar-refractivity contribution in [2.45, 2.75) is 13.0 Å². The fraction of sp³-hybridized carbons (Fsp3) is 0.167. The number of hydrogen-bond donors (Lipinski definition) is 1. The maximum atomic E-state index is 5.79. The highest BCUT2D eigenvalue weighted by molar-refractivity contribution is 6.29. The van der Waals surface area contributed by atoms with E-state index in [4.69, 9.17) is 22.1 Å². The van der Waals surface area contributed by atoms with Gasteiger partial charge in [0.1, 0.15) is 5.75 Å². The Morgan fingerprint density at radius 1 is 1.24 bits per heavy atom. The van der Waals surface area contributed by atoms with Crippen LogP contribution >= 0.6 is 11.6 Å². The van der Waals surface area contributed by atoms with Gasteiger partial charge in [-0.15, -0.1) is 10.2 Å². The van der Waals surface area contributed by atoms with Crippen LogP contribution in [0.4, 0.5) is 0 Å². The molecule has 0 aliphatic heterocycles. The van der Waals surface area contributed by atoms with Crippen molar-refractivity contribution in [1.82, 2.24) is 10.2 Å². The molecule has 0 spiro atoms. The van der Waals surface area contributed by atoms with Crippen LogP contribution in [0.3, 0.4) is 0 Å². The van der Waals surface area contributed by atoms with E-state index in [0.717, 1.165) is 5.56 Å². The molecule has 0 aliphatic rings. The third-order valence-corrected chi connectivity index (χ3v) is 2.42. The summed E-state index contributed by atoms with van der Waals surface area (Å²) in [7, 11) is 0. The molecule has 4 nitrogen and oxygen atoms in total. The van der Waals surface area contributed by atoms with Crippen LogP contribution in [0.2, 0.25) is 5.15 Å². The van der Waals surface area contributed by atoms with Crippen molar-refractivity contribution in [3.8, 4) is 11.6 Å². The lowest BCUT2D eigenvalue weighted by Gasteiger charge is -2.08. The molecule has 0 unspecified atom stereocenters. The normalized spacial score (nSPS) is 12.2. The first-order chi connectivity index (χ1) is 8.15. The Hall–Kier alpha value is -1.65. The van der Waals surface area contributed by atoms with E-state index in [-0.39, 0.29) is 6.04 Å². The summed E-state index contributed by atoms with van der Waals surface area (Å²) < 4.78 is 5.54. The molecule has 17 heavy (non-hydrogen) atoms. The predicted molar refractivity (Wildman–Crippen MR) is 66.2 cm³/mol. The average Bonchev–Trinajstić information content (AvgIpc) is 2.32. The first kappa shape index (κ1) is 11.8. The fourth-order valence-corrected chi connectivity index (χ4v) is 1.44.